The highest BCUT2D eigenvalue weighted by Crippen LogP contribution is 2.10. The highest BCUT2D eigenvalue weighted by Gasteiger charge is 2.17. The van der Waals surface area contributed by atoms with Crippen LogP contribution in [0.3, 0.4) is 0 Å². The lowest BCUT2D eigenvalue weighted by molar-refractivity contribution is 0.100. The molecule has 8 nitrogen and oxygen atoms in total. The molecule has 21 heavy (non-hydrogen) atoms. The topological polar surface area (TPSA) is 121 Å². The van der Waals surface area contributed by atoms with E-state index in [0.717, 1.165) is 23.9 Å². The molecule has 0 bridgehead atoms. The first-order chi connectivity index (χ1) is 9.85. The van der Waals surface area contributed by atoms with Crippen molar-refractivity contribution in [3.63, 3.8) is 0 Å². The third kappa shape index (κ3) is 2.98. The molecule has 1 heterocycles. The summed E-state index contributed by atoms with van der Waals surface area (Å²) in [7, 11) is -3.02. The second kappa shape index (κ2) is 5.46. The first-order valence-electron chi connectivity index (χ1n) is 5.66. The van der Waals surface area contributed by atoms with Crippen LogP contribution in [0.15, 0.2) is 46.2 Å². The van der Waals surface area contributed by atoms with E-state index in [0.29, 0.717) is 0 Å². The molecule has 0 aliphatic heterocycles. The van der Waals surface area contributed by atoms with Gasteiger partial charge in [0.2, 0.25) is 10.9 Å². The Labute approximate surface area is 119 Å². The van der Waals surface area contributed by atoms with Gasteiger partial charge in [0.25, 0.3) is 5.56 Å². The van der Waals surface area contributed by atoms with Crippen molar-refractivity contribution in [2.75, 3.05) is 7.11 Å². The summed E-state index contributed by atoms with van der Waals surface area (Å²) in [5.74, 6) is -0.613. The summed E-state index contributed by atoms with van der Waals surface area (Å²) in [6.07, 6.45) is 0. The van der Waals surface area contributed by atoms with Gasteiger partial charge >= 0.3 is 10.1 Å². The Bertz CT molecular complexity index is 840. The Kier molecular flexibility index (Phi) is 3.87. The number of aromatic nitrogens is 2. The second-order valence-corrected chi connectivity index (χ2v) is 5.61. The summed E-state index contributed by atoms with van der Waals surface area (Å²) in [5, 5.41) is 3.34. The molecule has 0 unspecified atom stereocenters. The van der Waals surface area contributed by atoms with Gasteiger partial charge in [0.05, 0.1) is 12.8 Å². The molecule has 0 atom stereocenters. The lowest BCUT2D eigenvalue weighted by Gasteiger charge is -2.07. The van der Waals surface area contributed by atoms with Crippen molar-refractivity contribution in [3.05, 3.63) is 52.3 Å². The van der Waals surface area contributed by atoms with Gasteiger partial charge in [-0.3, -0.25) is 13.8 Å². The first kappa shape index (κ1) is 14.9. The fourth-order valence-electron chi connectivity index (χ4n) is 1.56. The zero-order chi connectivity index (χ0) is 15.6. The Balaban J connectivity index is 2.56. The maximum Gasteiger partial charge on any atom is 0.316 e. The number of primary amides is 1. The normalized spacial score (nSPS) is 11.3. The average molecular weight is 309 g/mol. The number of carbonyl (C=O) groups excluding carboxylic acids is 1. The van der Waals surface area contributed by atoms with Crippen molar-refractivity contribution < 1.29 is 17.4 Å². The van der Waals surface area contributed by atoms with Gasteiger partial charge in [-0.2, -0.15) is 18.2 Å². The van der Waals surface area contributed by atoms with Gasteiger partial charge in [0.1, 0.15) is 0 Å². The van der Waals surface area contributed by atoms with Crippen molar-refractivity contribution in [1.29, 1.82) is 0 Å². The van der Waals surface area contributed by atoms with Crippen molar-refractivity contribution in [2.45, 2.75) is 5.03 Å². The highest BCUT2D eigenvalue weighted by atomic mass is 32.2. The average Bonchev–Trinajstić information content (AvgIpc) is 2.47. The molecule has 0 saturated carbocycles. The second-order valence-electron chi connectivity index (χ2n) is 3.95. The summed E-state index contributed by atoms with van der Waals surface area (Å²) in [6, 6.07) is 7.78. The van der Waals surface area contributed by atoms with Crippen LogP contribution in [0.25, 0.3) is 5.69 Å². The van der Waals surface area contributed by atoms with E-state index in [1.54, 1.807) is 0 Å². The minimum atomic E-state index is -4.01. The van der Waals surface area contributed by atoms with Crippen LogP contribution in [0.5, 0.6) is 0 Å². The third-order valence-electron chi connectivity index (χ3n) is 2.65. The molecule has 2 N–H and O–H groups in total. The monoisotopic (exact) mass is 309 g/mol. The number of hydrogen-bond acceptors (Lipinski definition) is 6. The van der Waals surface area contributed by atoms with Crippen LogP contribution in [-0.4, -0.2) is 31.2 Å². The zero-order valence-corrected chi connectivity index (χ0v) is 11.7. The maximum absolute atomic E-state index is 11.8. The number of carbonyl (C=O) groups is 1. The fourth-order valence-corrected chi connectivity index (χ4v) is 2.15. The molecule has 1 aromatic heterocycles. The molecule has 0 aliphatic rings. The van der Waals surface area contributed by atoms with Gasteiger partial charge in [0, 0.05) is 11.6 Å². The van der Waals surface area contributed by atoms with Crippen molar-refractivity contribution in [2.24, 2.45) is 5.73 Å². The Morgan fingerprint density at radius 3 is 2.33 bits per heavy atom. The summed E-state index contributed by atoms with van der Waals surface area (Å²) >= 11 is 0. The fraction of sp³-hybridized carbons (Fsp3) is 0.0833. The highest BCUT2D eigenvalue weighted by molar-refractivity contribution is 7.86. The molecule has 1 amide bonds. The van der Waals surface area contributed by atoms with Gasteiger partial charge in [-0.15, -0.1) is 0 Å². The van der Waals surface area contributed by atoms with Crippen LogP contribution in [0, 0.1) is 0 Å². The SMILES string of the molecule is COS(=O)(=O)c1ccc(=O)n(-c2ccc(C(N)=O)cc2)n1. The third-order valence-corrected chi connectivity index (χ3v) is 3.82. The minimum Gasteiger partial charge on any atom is -0.366 e. The first-order valence-corrected chi connectivity index (χ1v) is 7.07. The smallest absolute Gasteiger partial charge is 0.316 e. The summed E-state index contributed by atoms with van der Waals surface area (Å²) < 4.78 is 28.4. The molecule has 2 rings (SSSR count). The molecule has 2 aromatic rings. The van der Waals surface area contributed by atoms with Gasteiger partial charge in [-0.05, 0) is 30.3 Å². The van der Waals surface area contributed by atoms with Crippen molar-refractivity contribution in [1.82, 2.24) is 9.78 Å². The molecule has 0 aliphatic carbocycles. The number of hydrogen-bond donors (Lipinski definition) is 1. The molecule has 0 radical (unpaired) electrons. The molecular weight excluding hydrogens is 298 g/mol. The Morgan fingerprint density at radius 1 is 1.19 bits per heavy atom. The maximum atomic E-state index is 11.8. The molecule has 1 aromatic carbocycles. The van der Waals surface area contributed by atoms with Crippen LogP contribution < -0.4 is 11.3 Å². The minimum absolute atomic E-state index is 0.257. The van der Waals surface area contributed by atoms with E-state index in [9.17, 15) is 18.0 Å². The quantitative estimate of drug-likeness (QED) is 0.772. The van der Waals surface area contributed by atoms with Gasteiger partial charge in [-0.1, -0.05) is 0 Å². The Hall–Kier alpha value is -2.52. The number of rotatable bonds is 4. The van der Waals surface area contributed by atoms with Crippen LogP contribution in [0.4, 0.5) is 0 Å². The zero-order valence-electron chi connectivity index (χ0n) is 10.9. The van der Waals surface area contributed by atoms with E-state index in [1.807, 2.05) is 0 Å². The molecular formula is C12H11N3O5S. The van der Waals surface area contributed by atoms with E-state index in [4.69, 9.17) is 5.73 Å². The van der Waals surface area contributed by atoms with Gasteiger partial charge in [0.15, 0.2) is 0 Å². The number of nitrogens with two attached hydrogens (primary N) is 1. The molecule has 0 saturated heterocycles. The van der Waals surface area contributed by atoms with Gasteiger partial charge < -0.3 is 5.73 Å². The largest absolute Gasteiger partial charge is 0.366 e. The standard InChI is InChI=1S/C12H11N3O5S/c1-20-21(18,19)10-6-7-11(16)15(14-10)9-4-2-8(3-5-9)12(13)17/h2-7H,1H3,(H2,13,17). The van der Waals surface area contributed by atoms with Crippen LogP contribution >= 0.6 is 0 Å². The lowest BCUT2D eigenvalue weighted by atomic mass is 10.2. The summed E-state index contributed by atoms with van der Waals surface area (Å²) in [6.45, 7) is 0. The predicted molar refractivity (Wildman–Crippen MR) is 72.5 cm³/mol. The van der Waals surface area contributed by atoms with E-state index >= 15 is 0 Å². The van der Waals surface area contributed by atoms with E-state index in [1.165, 1.54) is 24.3 Å². The van der Waals surface area contributed by atoms with E-state index < -0.39 is 26.6 Å². The molecule has 110 valence electrons. The summed E-state index contributed by atoms with van der Waals surface area (Å²) in [4.78, 5) is 22.8. The van der Waals surface area contributed by atoms with E-state index in [2.05, 4.69) is 9.28 Å². The predicted octanol–water partition coefficient (Wildman–Crippen LogP) is -0.334. The van der Waals surface area contributed by atoms with Crippen LogP contribution in [0.1, 0.15) is 10.4 Å². The number of amides is 1. The van der Waals surface area contributed by atoms with Crippen LogP contribution in [-0.2, 0) is 14.3 Å². The van der Waals surface area contributed by atoms with Crippen LogP contribution in [0.2, 0.25) is 0 Å². The van der Waals surface area contributed by atoms with E-state index in [-0.39, 0.29) is 11.3 Å². The molecule has 0 spiro atoms. The number of nitrogens with zero attached hydrogens (tertiary/aromatic N) is 2. The summed E-state index contributed by atoms with van der Waals surface area (Å²) in [5.41, 5.74) is 5.13. The van der Waals surface area contributed by atoms with Gasteiger partial charge in [-0.25, -0.2) is 0 Å². The van der Waals surface area contributed by atoms with Crippen molar-refractivity contribution >= 4 is 16.0 Å². The lowest BCUT2D eigenvalue weighted by Crippen LogP contribution is -2.23. The van der Waals surface area contributed by atoms with Crippen molar-refractivity contribution in [3.8, 4) is 5.69 Å². The number of benzene rings is 1. The molecule has 9 heteroatoms. The molecule has 0 fully saturated rings. The Morgan fingerprint density at radius 2 is 1.81 bits per heavy atom.